The zero-order chi connectivity index (χ0) is 28.4. The lowest BCUT2D eigenvalue weighted by atomic mass is 10.1. The lowest BCUT2D eigenvalue weighted by Crippen LogP contribution is -2.40. The Morgan fingerprint density at radius 2 is 1.11 bits per heavy atom. The van der Waals surface area contributed by atoms with E-state index in [0.29, 0.717) is 18.7 Å². The third-order valence-corrected chi connectivity index (χ3v) is 5.18. The fraction of sp³-hybridized carbons (Fsp3) is 1.00. The van der Waals surface area contributed by atoms with Crippen LogP contribution in [0.5, 0.6) is 0 Å². The van der Waals surface area contributed by atoms with Crippen molar-refractivity contribution in [3.63, 3.8) is 0 Å². The highest BCUT2D eigenvalue weighted by Gasteiger charge is 2.11. The Morgan fingerprint density at radius 1 is 0.684 bits per heavy atom. The smallest absolute Gasteiger partial charge is 0.229 e. The van der Waals surface area contributed by atoms with Gasteiger partial charge in [0.1, 0.15) is 0 Å². The second-order valence-electron chi connectivity index (χ2n) is 8.53. The van der Waals surface area contributed by atoms with Crippen molar-refractivity contribution in [2.45, 2.75) is 83.1 Å². The van der Waals surface area contributed by atoms with Gasteiger partial charge in [0.15, 0.2) is 0 Å². The first-order valence-electron chi connectivity index (χ1n) is 12.5. The predicted octanol–water partition coefficient (Wildman–Crippen LogP) is -0.787. The third kappa shape index (κ3) is 33.8. The van der Waals surface area contributed by atoms with Crippen LogP contribution in [0.15, 0.2) is 0 Å². The highest BCUT2D eigenvalue weighted by atomic mass is 35.7. The number of nitrogens with two attached hydrogens (primary N) is 4. The Bertz CT molecular complexity index is 520. The van der Waals surface area contributed by atoms with E-state index in [-0.39, 0.29) is 19.6 Å². The molecule has 16 heteroatoms. The number of rotatable bonds is 2. The van der Waals surface area contributed by atoms with Crippen LogP contribution in [-0.4, -0.2) is 102 Å². The van der Waals surface area contributed by atoms with E-state index in [9.17, 15) is 8.42 Å². The summed E-state index contributed by atoms with van der Waals surface area (Å²) in [6.45, 7) is 6.23. The molecule has 0 amide bonds. The van der Waals surface area contributed by atoms with E-state index in [4.69, 9.17) is 40.8 Å². The second-order valence-corrected chi connectivity index (χ2v) is 11.6. The fourth-order valence-corrected chi connectivity index (χ4v) is 3.15. The minimum atomic E-state index is -3.19. The zero-order valence-corrected chi connectivity index (χ0v) is 23.6. The normalized spacial score (nSPS) is 23.8. The molecule has 4 heterocycles. The van der Waals surface area contributed by atoms with Gasteiger partial charge in [0.2, 0.25) is 9.05 Å². The van der Waals surface area contributed by atoms with Gasteiger partial charge in [-0.05, 0) is 51.4 Å². The maximum Gasteiger partial charge on any atom is 0.229 e. The van der Waals surface area contributed by atoms with Crippen LogP contribution in [-0.2, 0) is 28.0 Å². The molecule has 0 spiro atoms. The topological polar surface area (TPSA) is 240 Å². The van der Waals surface area contributed by atoms with Crippen LogP contribution in [0.4, 0.5) is 0 Å². The van der Waals surface area contributed by atoms with Crippen LogP contribution in [0, 0.1) is 0 Å². The predicted molar refractivity (Wildman–Crippen MR) is 150 cm³/mol. The molecule has 4 saturated heterocycles. The first-order chi connectivity index (χ1) is 17.7. The van der Waals surface area contributed by atoms with E-state index in [1.165, 1.54) is 0 Å². The van der Waals surface area contributed by atoms with Gasteiger partial charge in [-0.25, -0.2) is 8.42 Å². The van der Waals surface area contributed by atoms with Crippen molar-refractivity contribution in [1.82, 2.24) is 10.9 Å². The molecular weight excluding hydrogens is 544 g/mol. The molecule has 12 N–H and O–H groups in total. The largest absolute Gasteiger partial charge is 0.393 e. The quantitative estimate of drug-likeness (QED) is 0.110. The molecule has 0 aliphatic carbocycles. The Hall–Kier alpha value is -0.240. The summed E-state index contributed by atoms with van der Waals surface area (Å²) in [4.78, 5) is 0. The molecule has 0 bridgehead atoms. The molecule has 2 atom stereocenters. The number of aliphatic hydroxyl groups excluding tert-OH is 2. The van der Waals surface area contributed by atoms with E-state index in [0.717, 1.165) is 104 Å². The van der Waals surface area contributed by atoms with Crippen molar-refractivity contribution >= 4 is 19.7 Å². The van der Waals surface area contributed by atoms with Crippen molar-refractivity contribution in [2.24, 2.45) is 23.4 Å². The lowest BCUT2D eigenvalue weighted by Gasteiger charge is -2.20. The van der Waals surface area contributed by atoms with E-state index in [2.05, 4.69) is 33.2 Å². The molecule has 4 rings (SSSR count). The van der Waals surface area contributed by atoms with Gasteiger partial charge in [-0.2, -0.15) is 0 Å². The van der Waals surface area contributed by atoms with Crippen LogP contribution in [0.25, 0.3) is 0 Å². The van der Waals surface area contributed by atoms with Crippen LogP contribution in [0.3, 0.4) is 0 Å². The molecule has 2 unspecified atom stereocenters. The summed E-state index contributed by atoms with van der Waals surface area (Å²) in [5, 5.41) is 17.6. The lowest BCUT2D eigenvalue weighted by molar-refractivity contribution is -0.00535. The summed E-state index contributed by atoms with van der Waals surface area (Å²) in [5.74, 6) is 18.4. The van der Waals surface area contributed by atoms with Crippen LogP contribution in [0.1, 0.15) is 58.8 Å². The average Bonchev–Trinajstić information content (AvgIpc) is 2.92. The highest BCUT2D eigenvalue weighted by molar-refractivity contribution is 8.13. The average molecular weight is 599 g/mol. The molecule has 4 aliphatic heterocycles. The molecule has 234 valence electrons. The van der Waals surface area contributed by atoms with Crippen molar-refractivity contribution in [3.05, 3.63) is 0 Å². The molecule has 4 aliphatic rings. The van der Waals surface area contributed by atoms with Crippen molar-refractivity contribution in [1.29, 1.82) is 0 Å². The maximum absolute atomic E-state index is 9.40. The summed E-state index contributed by atoms with van der Waals surface area (Å²) >= 11 is 0. The van der Waals surface area contributed by atoms with E-state index >= 15 is 0 Å². The number of ether oxygens (including phenoxy) is 4. The number of nitrogens with one attached hydrogen (secondary N) is 2. The number of hydrogen-bond acceptors (Lipinski definition) is 14. The molecule has 0 radical (unpaired) electrons. The van der Waals surface area contributed by atoms with Gasteiger partial charge in [-0.3, -0.25) is 34.2 Å². The van der Waals surface area contributed by atoms with Crippen LogP contribution < -0.4 is 34.2 Å². The molecule has 0 saturated carbocycles. The van der Waals surface area contributed by atoms with Gasteiger partial charge >= 0.3 is 0 Å². The van der Waals surface area contributed by atoms with Crippen molar-refractivity contribution < 1.29 is 37.6 Å². The van der Waals surface area contributed by atoms with Gasteiger partial charge < -0.3 is 29.2 Å². The van der Waals surface area contributed by atoms with Crippen molar-refractivity contribution in [2.75, 3.05) is 59.1 Å². The summed E-state index contributed by atoms with van der Waals surface area (Å²) in [6, 6.07) is 0.882. The Morgan fingerprint density at radius 3 is 1.32 bits per heavy atom. The minimum absolute atomic E-state index is 0. The zero-order valence-electron chi connectivity index (χ0n) is 22.1. The molecule has 0 aromatic carbocycles. The third-order valence-electron chi connectivity index (χ3n) is 5.18. The van der Waals surface area contributed by atoms with Gasteiger partial charge in [0.25, 0.3) is 0 Å². The maximum atomic E-state index is 9.40. The molecule has 0 aromatic rings. The summed E-state index contributed by atoms with van der Waals surface area (Å²) < 4.78 is 38.9. The van der Waals surface area contributed by atoms with E-state index in [1.807, 2.05) is 0 Å². The van der Waals surface area contributed by atoms with Crippen LogP contribution >= 0.6 is 10.7 Å². The summed E-state index contributed by atoms with van der Waals surface area (Å²) in [6.07, 6.45) is 8.61. The standard InChI is InChI=1S/2C5H12N2O.2C5H10O2.CH3ClO2S.CH4.H4N2/c6-7-5-1-3-8-4-2-5;6-7-5-2-1-3-8-4-5;6-5-1-3-7-4-2-5;6-5-2-1-3-7-4-5;1-5(2,3)4;;1-2/h2*5,7H,1-4,6H2;2*5-6H,1-4H2;1H3;1H4;1-2H2. The molecule has 38 heavy (non-hydrogen) atoms. The number of aliphatic hydroxyl groups is 2. The molecule has 14 nitrogen and oxygen atoms in total. The van der Waals surface area contributed by atoms with Gasteiger partial charge in [0.05, 0.1) is 31.7 Å². The van der Waals surface area contributed by atoms with E-state index < -0.39 is 9.05 Å². The molecular formula is C22H55ClN6O8S. The number of hydrazine groups is 3. The van der Waals surface area contributed by atoms with Gasteiger partial charge in [-0.1, -0.05) is 7.43 Å². The second kappa shape index (κ2) is 29.7. The summed E-state index contributed by atoms with van der Waals surface area (Å²) in [7, 11) is 1.31. The highest BCUT2D eigenvalue weighted by Crippen LogP contribution is 2.05. The molecule has 0 aromatic heterocycles. The van der Waals surface area contributed by atoms with Gasteiger partial charge in [0, 0.05) is 62.4 Å². The Labute approximate surface area is 233 Å². The van der Waals surface area contributed by atoms with Gasteiger partial charge in [-0.15, -0.1) is 0 Å². The Kier molecular flexibility index (Phi) is 33.0. The number of hydrogen-bond donors (Lipinski definition) is 8. The first-order valence-corrected chi connectivity index (χ1v) is 15.2. The minimum Gasteiger partial charge on any atom is -0.393 e. The Balaban J connectivity index is -0.000000397. The van der Waals surface area contributed by atoms with Crippen molar-refractivity contribution in [3.8, 4) is 0 Å². The summed E-state index contributed by atoms with van der Waals surface area (Å²) in [5.41, 5.74) is 5.40. The fourth-order valence-electron chi connectivity index (χ4n) is 3.15. The SMILES string of the molecule is C.CS(=O)(=O)Cl.NN.NNC1CCCOC1.NNC1CCOCC1.OC1CCCOC1.OC1CCOCC1. The number of halogens is 1. The van der Waals surface area contributed by atoms with Crippen LogP contribution in [0.2, 0.25) is 0 Å². The molecule has 4 fully saturated rings. The monoisotopic (exact) mass is 598 g/mol. The van der Waals surface area contributed by atoms with E-state index in [1.54, 1.807) is 0 Å². The first kappa shape index (κ1) is 42.2.